The summed E-state index contributed by atoms with van der Waals surface area (Å²) in [4.78, 5) is 36.0. The number of carboxylic acid groups (broad SMARTS) is 1. The first-order chi connectivity index (χ1) is 13.9. The number of aryl methyl sites for hydroxylation is 1. The first-order valence-corrected chi connectivity index (χ1v) is 9.06. The Morgan fingerprint density at radius 2 is 1.97 bits per heavy atom. The molecule has 2 aromatic rings. The number of anilines is 1. The molecular weight excluding hydrogens is 372 g/mol. The molecule has 2 aliphatic rings. The lowest BCUT2D eigenvalue weighted by Crippen LogP contribution is -2.35. The van der Waals surface area contributed by atoms with Gasteiger partial charge in [-0.05, 0) is 48.9 Å². The second kappa shape index (κ2) is 7.27. The van der Waals surface area contributed by atoms with Gasteiger partial charge in [-0.25, -0.2) is 9.80 Å². The van der Waals surface area contributed by atoms with Crippen molar-refractivity contribution >= 4 is 29.2 Å². The van der Waals surface area contributed by atoms with Crippen molar-refractivity contribution in [1.82, 2.24) is 5.43 Å². The van der Waals surface area contributed by atoms with Crippen molar-refractivity contribution in [3.63, 3.8) is 0 Å². The molecule has 2 aliphatic heterocycles. The van der Waals surface area contributed by atoms with E-state index in [2.05, 4.69) is 5.43 Å². The number of allylic oxidation sites excluding steroid dienone is 1. The predicted molar refractivity (Wildman–Crippen MR) is 105 cm³/mol. The van der Waals surface area contributed by atoms with E-state index < -0.39 is 17.8 Å². The van der Waals surface area contributed by atoms with Crippen LogP contribution in [-0.2, 0) is 14.3 Å². The van der Waals surface area contributed by atoms with Crippen molar-refractivity contribution in [1.29, 1.82) is 0 Å². The lowest BCUT2D eigenvalue weighted by molar-refractivity contribution is -0.125. The van der Waals surface area contributed by atoms with E-state index in [0.717, 1.165) is 11.1 Å². The van der Waals surface area contributed by atoms with Crippen LogP contribution in [0.1, 0.15) is 27.9 Å². The number of aromatic carboxylic acids is 1. The Kier molecular flexibility index (Phi) is 4.64. The van der Waals surface area contributed by atoms with Gasteiger partial charge in [0.25, 0.3) is 11.8 Å². The Balaban J connectivity index is 1.48. The number of carbonyl (C=O) groups is 3. The van der Waals surface area contributed by atoms with Gasteiger partial charge in [0.1, 0.15) is 17.4 Å². The second-order valence-corrected chi connectivity index (χ2v) is 6.86. The molecule has 2 amide bonds. The zero-order chi connectivity index (χ0) is 20.5. The molecule has 2 aromatic carbocycles. The molecule has 1 atom stereocenters. The van der Waals surface area contributed by atoms with Gasteiger partial charge in [0.15, 0.2) is 0 Å². The molecule has 0 saturated carbocycles. The lowest BCUT2D eigenvalue weighted by atomic mass is 10.1. The van der Waals surface area contributed by atoms with Crippen molar-refractivity contribution in [2.75, 3.05) is 5.01 Å². The van der Waals surface area contributed by atoms with Gasteiger partial charge in [0.05, 0.1) is 11.3 Å². The molecule has 0 radical (unpaired) electrons. The third kappa shape index (κ3) is 3.62. The molecule has 0 aromatic heterocycles. The van der Waals surface area contributed by atoms with E-state index in [4.69, 9.17) is 9.84 Å². The fraction of sp³-hybridized carbons (Fsp3) is 0.136. The monoisotopic (exact) mass is 390 g/mol. The number of benzene rings is 2. The topological polar surface area (TPSA) is 95.9 Å². The minimum absolute atomic E-state index is 0.188. The Labute approximate surface area is 166 Å². The SMILES string of the molecule is Cc1cccc(N2NC(=O)C(C=C3CC=C(c4ccc(C(=O)O)cc4)O3)C2=O)c1. The minimum atomic E-state index is -0.998. The average Bonchev–Trinajstić information content (AvgIpc) is 3.28. The van der Waals surface area contributed by atoms with Crippen LogP contribution in [0.5, 0.6) is 0 Å². The molecule has 7 nitrogen and oxygen atoms in total. The molecular formula is C22H18N2O5. The third-order valence-electron chi connectivity index (χ3n) is 4.75. The Bertz CT molecular complexity index is 1070. The van der Waals surface area contributed by atoms with Crippen molar-refractivity contribution < 1.29 is 24.2 Å². The van der Waals surface area contributed by atoms with Crippen LogP contribution in [0.15, 0.2) is 66.4 Å². The standard InChI is InChI=1S/C22H18N2O5/c1-13-3-2-4-16(11-13)24-21(26)18(20(25)23-24)12-17-9-10-19(29-17)14-5-7-15(8-6-14)22(27)28/h2-8,10-12,18H,9H2,1H3,(H,23,25)(H,27,28). The minimum Gasteiger partial charge on any atom is -0.478 e. The highest BCUT2D eigenvalue weighted by atomic mass is 16.5. The number of hydrogen-bond donors (Lipinski definition) is 2. The number of nitrogens with zero attached hydrogens (tertiary/aromatic N) is 1. The Morgan fingerprint density at radius 3 is 2.66 bits per heavy atom. The molecule has 0 spiro atoms. The van der Waals surface area contributed by atoms with Crippen LogP contribution in [0, 0.1) is 12.8 Å². The summed E-state index contributed by atoms with van der Waals surface area (Å²) in [6.07, 6.45) is 3.80. The van der Waals surface area contributed by atoms with Crippen LogP contribution in [-0.4, -0.2) is 22.9 Å². The Hall–Kier alpha value is -3.87. The molecule has 1 unspecified atom stereocenters. The predicted octanol–water partition coefficient (Wildman–Crippen LogP) is 3.03. The van der Waals surface area contributed by atoms with Crippen molar-refractivity contribution in [3.8, 4) is 0 Å². The number of ether oxygens (including phenoxy) is 1. The molecule has 2 N–H and O–H groups in total. The average molecular weight is 390 g/mol. The van der Waals surface area contributed by atoms with E-state index >= 15 is 0 Å². The quantitative estimate of drug-likeness (QED) is 0.783. The fourth-order valence-corrected chi connectivity index (χ4v) is 3.25. The number of nitrogens with one attached hydrogen (secondary N) is 1. The summed E-state index contributed by atoms with van der Waals surface area (Å²) >= 11 is 0. The van der Waals surface area contributed by atoms with E-state index in [1.54, 1.807) is 18.2 Å². The van der Waals surface area contributed by atoms with E-state index in [9.17, 15) is 14.4 Å². The van der Waals surface area contributed by atoms with Crippen molar-refractivity contribution in [3.05, 3.63) is 83.1 Å². The number of hydrogen-bond acceptors (Lipinski definition) is 4. The maximum atomic E-state index is 12.7. The van der Waals surface area contributed by atoms with Gasteiger partial charge in [0.2, 0.25) is 0 Å². The zero-order valence-electron chi connectivity index (χ0n) is 15.6. The summed E-state index contributed by atoms with van der Waals surface area (Å²) in [6.45, 7) is 1.91. The largest absolute Gasteiger partial charge is 0.478 e. The number of rotatable bonds is 4. The van der Waals surface area contributed by atoms with Gasteiger partial charge in [-0.2, -0.15) is 0 Å². The summed E-state index contributed by atoms with van der Waals surface area (Å²) < 4.78 is 5.79. The molecule has 4 rings (SSSR count). The maximum absolute atomic E-state index is 12.7. The van der Waals surface area contributed by atoms with Gasteiger partial charge in [-0.3, -0.25) is 15.0 Å². The molecule has 1 saturated heterocycles. The van der Waals surface area contributed by atoms with Crippen LogP contribution in [0.2, 0.25) is 0 Å². The van der Waals surface area contributed by atoms with Crippen molar-refractivity contribution in [2.45, 2.75) is 13.3 Å². The van der Waals surface area contributed by atoms with Crippen LogP contribution in [0.4, 0.5) is 5.69 Å². The van der Waals surface area contributed by atoms with Gasteiger partial charge in [-0.15, -0.1) is 0 Å². The highest BCUT2D eigenvalue weighted by Gasteiger charge is 2.39. The zero-order valence-corrected chi connectivity index (χ0v) is 15.6. The normalized spacial score (nSPS) is 19.9. The van der Waals surface area contributed by atoms with Gasteiger partial charge in [0, 0.05) is 12.0 Å². The van der Waals surface area contributed by atoms with E-state index in [0.29, 0.717) is 23.6 Å². The number of carbonyl (C=O) groups excluding carboxylic acids is 2. The van der Waals surface area contributed by atoms with Crippen molar-refractivity contribution in [2.24, 2.45) is 5.92 Å². The number of carboxylic acids is 1. The molecule has 0 aliphatic carbocycles. The van der Waals surface area contributed by atoms with Crippen LogP contribution in [0.3, 0.4) is 0 Å². The number of hydrazine groups is 1. The molecule has 29 heavy (non-hydrogen) atoms. The lowest BCUT2D eigenvalue weighted by Gasteiger charge is -2.15. The van der Waals surface area contributed by atoms with E-state index in [1.807, 2.05) is 31.2 Å². The molecule has 2 heterocycles. The Morgan fingerprint density at radius 1 is 1.21 bits per heavy atom. The van der Waals surface area contributed by atoms with Crippen LogP contribution < -0.4 is 10.4 Å². The summed E-state index contributed by atoms with van der Waals surface area (Å²) in [5.41, 5.74) is 5.10. The summed E-state index contributed by atoms with van der Waals surface area (Å²) in [7, 11) is 0. The maximum Gasteiger partial charge on any atom is 0.335 e. The molecule has 1 fully saturated rings. The van der Waals surface area contributed by atoms with E-state index in [1.165, 1.54) is 23.2 Å². The smallest absolute Gasteiger partial charge is 0.335 e. The summed E-state index contributed by atoms with van der Waals surface area (Å²) in [6, 6.07) is 13.6. The van der Waals surface area contributed by atoms with Crippen LogP contribution >= 0.6 is 0 Å². The highest BCUT2D eigenvalue weighted by Crippen LogP contribution is 2.31. The fourth-order valence-electron chi connectivity index (χ4n) is 3.25. The van der Waals surface area contributed by atoms with Gasteiger partial charge >= 0.3 is 5.97 Å². The van der Waals surface area contributed by atoms with E-state index in [-0.39, 0.29) is 11.5 Å². The highest BCUT2D eigenvalue weighted by molar-refractivity contribution is 6.15. The first-order valence-electron chi connectivity index (χ1n) is 9.06. The number of amides is 2. The van der Waals surface area contributed by atoms with Gasteiger partial charge in [-0.1, -0.05) is 24.3 Å². The molecule has 7 heteroatoms. The summed E-state index contributed by atoms with van der Waals surface area (Å²) in [5.74, 6) is -1.67. The van der Waals surface area contributed by atoms with Gasteiger partial charge < -0.3 is 9.84 Å². The molecule has 146 valence electrons. The molecule has 0 bridgehead atoms. The second-order valence-electron chi connectivity index (χ2n) is 6.86. The summed E-state index contributed by atoms with van der Waals surface area (Å²) in [5, 5.41) is 10.2. The van der Waals surface area contributed by atoms with Crippen LogP contribution in [0.25, 0.3) is 5.76 Å². The first kappa shape index (κ1) is 18.5. The third-order valence-corrected chi connectivity index (χ3v) is 4.75.